The van der Waals surface area contributed by atoms with Crippen molar-refractivity contribution in [3.05, 3.63) is 0 Å². The molecule has 8 heteroatoms. The van der Waals surface area contributed by atoms with E-state index in [2.05, 4.69) is 10.6 Å². The van der Waals surface area contributed by atoms with E-state index in [1.165, 1.54) is 0 Å². The molecule has 0 radical (unpaired) electrons. The summed E-state index contributed by atoms with van der Waals surface area (Å²) in [5.41, 5.74) is 0. The fraction of sp³-hybridized carbons (Fsp3) is 0.727. The van der Waals surface area contributed by atoms with Gasteiger partial charge < -0.3 is 25.7 Å². The molecule has 2 aliphatic rings. The van der Waals surface area contributed by atoms with Gasteiger partial charge in [0, 0.05) is 19.5 Å². The summed E-state index contributed by atoms with van der Waals surface area (Å²) in [5.74, 6) is -1.41. The molecule has 0 aromatic heterocycles. The highest BCUT2D eigenvalue weighted by Crippen LogP contribution is 2.18. The lowest BCUT2D eigenvalue weighted by atomic mass is 10.1. The fourth-order valence-electron chi connectivity index (χ4n) is 2.41. The van der Waals surface area contributed by atoms with E-state index in [1.54, 1.807) is 0 Å². The second-order valence-electron chi connectivity index (χ2n) is 4.83. The lowest BCUT2D eigenvalue weighted by Crippen LogP contribution is -2.55. The first-order chi connectivity index (χ1) is 8.99. The second-order valence-corrected chi connectivity index (χ2v) is 4.83. The summed E-state index contributed by atoms with van der Waals surface area (Å²) in [6.07, 6.45) is 0.472. The van der Waals surface area contributed by atoms with E-state index in [4.69, 9.17) is 5.11 Å². The van der Waals surface area contributed by atoms with Gasteiger partial charge in [-0.1, -0.05) is 0 Å². The maximum Gasteiger partial charge on any atom is 0.326 e. The number of nitrogens with zero attached hydrogens (tertiary/aromatic N) is 1. The van der Waals surface area contributed by atoms with E-state index in [0.717, 1.165) is 11.3 Å². The number of aliphatic hydroxyl groups excluding tert-OH is 1. The molecule has 0 aromatic rings. The Bertz CT molecular complexity index is 400. The van der Waals surface area contributed by atoms with Crippen LogP contribution in [0.15, 0.2) is 0 Å². The molecule has 106 valence electrons. The molecule has 2 saturated heterocycles. The zero-order valence-corrected chi connectivity index (χ0v) is 10.3. The van der Waals surface area contributed by atoms with Crippen LogP contribution >= 0.6 is 0 Å². The maximum atomic E-state index is 12.0. The van der Waals surface area contributed by atoms with Crippen molar-refractivity contribution in [2.75, 3.05) is 13.1 Å². The molecule has 3 amide bonds. The van der Waals surface area contributed by atoms with E-state index in [9.17, 15) is 19.5 Å². The number of nitrogens with one attached hydrogen (secondary N) is 2. The van der Waals surface area contributed by atoms with Crippen LogP contribution in [-0.2, 0) is 9.59 Å². The Labute approximate surface area is 109 Å². The first-order valence-electron chi connectivity index (χ1n) is 6.24. The molecule has 8 nitrogen and oxygen atoms in total. The topological polar surface area (TPSA) is 119 Å². The van der Waals surface area contributed by atoms with Crippen molar-refractivity contribution < 1.29 is 24.6 Å². The molecule has 0 saturated carbocycles. The van der Waals surface area contributed by atoms with E-state index in [0.29, 0.717) is 13.0 Å². The normalized spacial score (nSPS) is 30.9. The molecule has 1 unspecified atom stereocenters. The molecular formula is C11H17N3O5. The minimum atomic E-state index is -1.15. The predicted molar refractivity (Wildman–Crippen MR) is 63.3 cm³/mol. The molecule has 4 N–H and O–H groups in total. The van der Waals surface area contributed by atoms with Gasteiger partial charge in [0.2, 0.25) is 5.91 Å². The number of carbonyl (C=O) groups excluding carboxylic acids is 2. The first kappa shape index (κ1) is 13.6. The van der Waals surface area contributed by atoms with Crippen molar-refractivity contribution in [1.82, 2.24) is 15.5 Å². The third kappa shape index (κ3) is 2.95. The van der Waals surface area contributed by atoms with Crippen molar-refractivity contribution in [3.8, 4) is 0 Å². The van der Waals surface area contributed by atoms with E-state index >= 15 is 0 Å². The Morgan fingerprint density at radius 2 is 2.16 bits per heavy atom. The molecule has 0 bridgehead atoms. The Morgan fingerprint density at radius 3 is 2.79 bits per heavy atom. The summed E-state index contributed by atoms with van der Waals surface area (Å²) >= 11 is 0. The number of β-amino-alcohol motifs (C(OH)–C–C–N with tert-alkyl or cyclic N) is 1. The molecule has 0 aromatic carbocycles. The molecule has 2 rings (SSSR count). The van der Waals surface area contributed by atoms with Crippen molar-refractivity contribution in [3.63, 3.8) is 0 Å². The summed E-state index contributed by atoms with van der Waals surface area (Å²) in [4.78, 5) is 35.6. The Hall–Kier alpha value is -1.83. The number of urea groups is 1. The summed E-state index contributed by atoms with van der Waals surface area (Å²) in [5, 5.41) is 23.6. The van der Waals surface area contributed by atoms with Gasteiger partial charge in [0.1, 0.15) is 12.1 Å². The Kier molecular flexibility index (Phi) is 3.89. The summed E-state index contributed by atoms with van der Waals surface area (Å²) in [7, 11) is 0. The molecule has 2 heterocycles. The number of piperidine rings is 1. The predicted octanol–water partition coefficient (Wildman–Crippen LogP) is -1.51. The number of hydrogen-bond acceptors (Lipinski definition) is 4. The van der Waals surface area contributed by atoms with E-state index in [-0.39, 0.29) is 18.9 Å². The number of carboxylic acid groups (broad SMARTS) is 1. The van der Waals surface area contributed by atoms with Gasteiger partial charge in [-0.25, -0.2) is 9.59 Å². The smallest absolute Gasteiger partial charge is 0.326 e. The van der Waals surface area contributed by atoms with Crippen LogP contribution in [0.1, 0.15) is 19.3 Å². The second kappa shape index (κ2) is 5.43. The zero-order valence-electron chi connectivity index (χ0n) is 10.3. The highest BCUT2D eigenvalue weighted by Gasteiger charge is 2.40. The van der Waals surface area contributed by atoms with Gasteiger partial charge >= 0.3 is 12.0 Å². The molecule has 2 aliphatic heterocycles. The molecular weight excluding hydrogens is 254 g/mol. The fourth-order valence-corrected chi connectivity index (χ4v) is 2.41. The molecule has 0 spiro atoms. The van der Waals surface area contributed by atoms with Gasteiger partial charge in [-0.2, -0.15) is 0 Å². The third-order valence-corrected chi connectivity index (χ3v) is 3.41. The minimum Gasteiger partial charge on any atom is -0.480 e. The number of aliphatic hydroxyl groups is 1. The Morgan fingerprint density at radius 1 is 1.42 bits per heavy atom. The largest absolute Gasteiger partial charge is 0.480 e. The average Bonchev–Trinajstić information content (AvgIpc) is 2.74. The van der Waals surface area contributed by atoms with Crippen LogP contribution in [0.4, 0.5) is 4.79 Å². The van der Waals surface area contributed by atoms with Crippen LogP contribution in [0.2, 0.25) is 0 Å². The van der Waals surface area contributed by atoms with Gasteiger partial charge in [0.25, 0.3) is 0 Å². The molecule has 19 heavy (non-hydrogen) atoms. The SMILES string of the molecule is O=C1NCCCC1NC(=O)N1C[C@H](O)C[C@H]1C(=O)O. The third-order valence-electron chi connectivity index (χ3n) is 3.41. The number of rotatable bonds is 2. The summed E-state index contributed by atoms with van der Waals surface area (Å²) < 4.78 is 0. The number of aliphatic carboxylic acids is 1. The van der Waals surface area contributed by atoms with Gasteiger partial charge in [0.05, 0.1) is 6.10 Å². The van der Waals surface area contributed by atoms with Crippen molar-refractivity contribution in [2.24, 2.45) is 0 Å². The number of hydrogen-bond donors (Lipinski definition) is 4. The number of amides is 3. The standard InChI is InChI=1S/C11H17N3O5/c15-6-4-8(10(17)18)14(5-6)11(19)13-7-2-1-3-12-9(7)16/h6-8,15H,1-5H2,(H,12,16)(H,13,19)(H,17,18)/t6-,7?,8+/m1/s1. The van der Waals surface area contributed by atoms with Crippen molar-refractivity contribution >= 4 is 17.9 Å². The van der Waals surface area contributed by atoms with Gasteiger partial charge in [0.15, 0.2) is 0 Å². The number of carbonyl (C=O) groups is 3. The van der Waals surface area contributed by atoms with Crippen molar-refractivity contribution in [1.29, 1.82) is 0 Å². The summed E-state index contributed by atoms with van der Waals surface area (Å²) in [6.45, 7) is 0.558. The van der Waals surface area contributed by atoms with E-state index in [1.807, 2.05) is 0 Å². The minimum absolute atomic E-state index is 0.0135. The van der Waals surface area contributed by atoms with Crippen LogP contribution in [0.25, 0.3) is 0 Å². The highest BCUT2D eigenvalue weighted by atomic mass is 16.4. The van der Waals surface area contributed by atoms with Gasteiger partial charge in [-0.05, 0) is 12.8 Å². The van der Waals surface area contributed by atoms with Crippen LogP contribution in [0.3, 0.4) is 0 Å². The quantitative estimate of drug-likeness (QED) is 0.487. The Balaban J connectivity index is 1.98. The van der Waals surface area contributed by atoms with Crippen LogP contribution < -0.4 is 10.6 Å². The maximum absolute atomic E-state index is 12.0. The highest BCUT2D eigenvalue weighted by molar-refractivity contribution is 5.89. The number of carboxylic acids is 1. The molecule has 2 fully saturated rings. The van der Waals surface area contributed by atoms with Crippen LogP contribution in [0.5, 0.6) is 0 Å². The van der Waals surface area contributed by atoms with E-state index < -0.39 is 30.2 Å². The average molecular weight is 271 g/mol. The molecule has 0 aliphatic carbocycles. The lowest BCUT2D eigenvalue weighted by Gasteiger charge is -2.27. The summed E-state index contributed by atoms with van der Waals surface area (Å²) in [6, 6.07) is -2.29. The van der Waals surface area contributed by atoms with Gasteiger partial charge in [-0.15, -0.1) is 0 Å². The van der Waals surface area contributed by atoms with Crippen LogP contribution in [-0.4, -0.2) is 64.3 Å². The first-order valence-corrected chi connectivity index (χ1v) is 6.24. The zero-order chi connectivity index (χ0) is 14.0. The monoisotopic (exact) mass is 271 g/mol. The lowest BCUT2D eigenvalue weighted by molar-refractivity contribution is -0.141. The molecule has 3 atom stereocenters. The van der Waals surface area contributed by atoms with Crippen LogP contribution in [0, 0.1) is 0 Å². The van der Waals surface area contributed by atoms with Crippen molar-refractivity contribution in [2.45, 2.75) is 37.5 Å². The number of likely N-dealkylation sites (tertiary alicyclic amines) is 1. The van der Waals surface area contributed by atoms with Gasteiger partial charge in [-0.3, -0.25) is 4.79 Å².